The third-order valence-corrected chi connectivity index (χ3v) is 4.45. The summed E-state index contributed by atoms with van der Waals surface area (Å²) in [4.78, 5) is 8.72. The summed E-state index contributed by atoms with van der Waals surface area (Å²) in [6.45, 7) is 2.12. The van der Waals surface area contributed by atoms with Gasteiger partial charge in [0.2, 0.25) is 0 Å². The zero-order chi connectivity index (χ0) is 14.9. The lowest BCUT2D eigenvalue weighted by Crippen LogP contribution is -2.26. The number of para-hydroxylation sites is 1. The van der Waals surface area contributed by atoms with E-state index in [2.05, 4.69) is 38.2 Å². The number of hydrogen-bond donors (Lipinski definition) is 2. The van der Waals surface area contributed by atoms with Crippen LogP contribution in [0, 0.1) is 0 Å². The standard InChI is InChI=1S/C17H19N5/c18-17-16-15(20-11-21-17)14(12-6-8-19-9-7-12)10-22(16)13-4-2-1-3-5-13/h1-5,10-12,19H,6-9H2,(H2,18,20,21). The average molecular weight is 293 g/mol. The van der Waals surface area contributed by atoms with E-state index in [0.29, 0.717) is 11.7 Å². The predicted octanol–water partition coefficient (Wildman–Crippen LogP) is 2.47. The van der Waals surface area contributed by atoms with Crippen molar-refractivity contribution in [3.63, 3.8) is 0 Å². The van der Waals surface area contributed by atoms with E-state index in [0.717, 1.165) is 42.7 Å². The number of rotatable bonds is 2. The molecule has 1 aliphatic rings. The van der Waals surface area contributed by atoms with Crippen LogP contribution in [0.4, 0.5) is 5.82 Å². The molecule has 112 valence electrons. The van der Waals surface area contributed by atoms with Gasteiger partial charge in [0, 0.05) is 11.9 Å². The van der Waals surface area contributed by atoms with Crippen LogP contribution in [0.1, 0.15) is 24.3 Å². The van der Waals surface area contributed by atoms with Crippen LogP contribution in [0.25, 0.3) is 16.7 Å². The molecule has 0 spiro atoms. The maximum absolute atomic E-state index is 6.15. The monoisotopic (exact) mass is 293 g/mol. The Labute approximate surface area is 129 Å². The normalized spacial score (nSPS) is 16.2. The van der Waals surface area contributed by atoms with Crippen LogP contribution in [-0.2, 0) is 0 Å². The van der Waals surface area contributed by atoms with Gasteiger partial charge in [-0.15, -0.1) is 0 Å². The molecule has 0 unspecified atom stereocenters. The molecule has 4 rings (SSSR count). The first-order valence-corrected chi connectivity index (χ1v) is 7.72. The van der Waals surface area contributed by atoms with Gasteiger partial charge in [-0.05, 0) is 49.5 Å². The third-order valence-electron chi connectivity index (χ3n) is 4.45. The van der Waals surface area contributed by atoms with Crippen LogP contribution in [-0.4, -0.2) is 27.6 Å². The number of aromatic nitrogens is 3. The van der Waals surface area contributed by atoms with E-state index in [9.17, 15) is 0 Å². The Kier molecular flexibility index (Phi) is 3.27. The molecule has 3 N–H and O–H groups in total. The van der Waals surface area contributed by atoms with Crippen molar-refractivity contribution >= 4 is 16.9 Å². The van der Waals surface area contributed by atoms with Crippen LogP contribution in [0.3, 0.4) is 0 Å². The molecule has 0 radical (unpaired) electrons. The van der Waals surface area contributed by atoms with Crippen LogP contribution in [0.15, 0.2) is 42.9 Å². The van der Waals surface area contributed by atoms with E-state index in [-0.39, 0.29) is 0 Å². The summed E-state index contributed by atoms with van der Waals surface area (Å²) in [5.41, 5.74) is 10.4. The minimum atomic E-state index is 0.531. The van der Waals surface area contributed by atoms with Crippen molar-refractivity contribution < 1.29 is 0 Å². The van der Waals surface area contributed by atoms with Gasteiger partial charge in [0.15, 0.2) is 5.82 Å². The fourth-order valence-corrected chi connectivity index (χ4v) is 3.33. The molecule has 0 bridgehead atoms. The molecule has 5 heteroatoms. The van der Waals surface area contributed by atoms with Crippen molar-refractivity contribution in [3.05, 3.63) is 48.4 Å². The molecule has 22 heavy (non-hydrogen) atoms. The van der Waals surface area contributed by atoms with Gasteiger partial charge < -0.3 is 15.6 Å². The SMILES string of the molecule is Nc1ncnc2c(C3CCNCC3)cn(-c3ccccc3)c12. The van der Waals surface area contributed by atoms with Crippen LogP contribution < -0.4 is 11.1 Å². The topological polar surface area (TPSA) is 68.8 Å². The molecule has 0 atom stereocenters. The summed E-state index contributed by atoms with van der Waals surface area (Å²) < 4.78 is 2.13. The summed E-state index contributed by atoms with van der Waals surface area (Å²) in [7, 11) is 0. The van der Waals surface area contributed by atoms with Crippen molar-refractivity contribution in [1.82, 2.24) is 19.9 Å². The molecule has 5 nitrogen and oxygen atoms in total. The van der Waals surface area contributed by atoms with Gasteiger partial charge in [-0.3, -0.25) is 0 Å². The molecule has 0 amide bonds. The average Bonchev–Trinajstić information content (AvgIpc) is 2.98. The number of anilines is 1. The van der Waals surface area contributed by atoms with Crippen LogP contribution >= 0.6 is 0 Å². The first-order chi connectivity index (χ1) is 10.8. The Morgan fingerprint density at radius 1 is 1.09 bits per heavy atom. The zero-order valence-corrected chi connectivity index (χ0v) is 12.4. The molecular weight excluding hydrogens is 274 g/mol. The summed E-state index contributed by atoms with van der Waals surface area (Å²) in [6, 6.07) is 10.2. The minimum Gasteiger partial charge on any atom is -0.382 e. The highest BCUT2D eigenvalue weighted by molar-refractivity contribution is 5.90. The molecule has 1 aliphatic heterocycles. The van der Waals surface area contributed by atoms with Gasteiger partial charge in [0.05, 0.1) is 5.52 Å². The Morgan fingerprint density at radius 3 is 2.64 bits per heavy atom. The highest BCUT2D eigenvalue weighted by Gasteiger charge is 2.22. The number of benzene rings is 1. The van der Waals surface area contributed by atoms with Gasteiger partial charge >= 0.3 is 0 Å². The lowest BCUT2D eigenvalue weighted by Gasteiger charge is -2.21. The summed E-state index contributed by atoms with van der Waals surface area (Å²) in [5, 5.41) is 3.42. The Morgan fingerprint density at radius 2 is 1.86 bits per heavy atom. The number of fused-ring (bicyclic) bond motifs is 1. The molecule has 0 saturated carbocycles. The summed E-state index contributed by atoms with van der Waals surface area (Å²) >= 11 is 0. The lowest BCUT2D eigenvalue weighted by atomic mass is 9.91. The smallest absolute Gasteiger partial charge is 0.151 e. The Hall–Kier alpha value is -2.40. The van der Waals surface area contributed by atoms with Gasteiger partial charge in [-0.25, -0.2) is 9.97 Å². The first-order valence-electron chi connectivity index (χ1n) is 7.72. The zero-order valence-electron chi connectivity index (χ0n) is 12.4. The second kappa shape index (κ2) is 5.42. The van der Waals surface area contributed by atoms with E-state index in [1.807, 2.05) is 18.2 Å². The first kappa shape index (κ1) is 13.3. The van der Waals surface area contributed by atoms with Gasteiger partial charge in [-0.2, -0.15) is 0 Å². The highest BCUT2D eigenvalue weighted by atomic mass is 15.0. The van der Waals surface area contributed by atoms with Crippen molar-refractivity contribution in [1.29, 1.82) is 0 Å². The minimum absolute atomic E-state index is 0.531. The van der Waals surface area contributed by atoms with Gasteiger partial charge in [-0.1, -0.05) is 18.2 Å². The Balaban J connectivity index is 1.93. The highest BCUT2D eigenvalue weighted by Crippen LogP contribution is 2.34. The maximum Gasteiger partial charge on any atom is 0.151 e. The van der Waals surface area contributed by atoms with E-state index in [1.165, 1.54) is 5.56 Å². The molecule has 3 heterocycles. The quantitative estimate of drug-likeness (QED) is 0.761. The van der Waals surface area contributed by atoms with Crippen molar-refractivity contribution in [2.45, 2.75) is 18.8 Å². The molecule has 3 aromatic rings. The molecule has 1 fully saturated rings. The lowest BCUT2D eigenvalue weighted by molar-refractivity contribution is 0.462. The third kappa shape index (κ3) is 2.14. The summed E-state index contributed by atoms with van der Waals surface area (Å²) in [5.74, 6) is 1.07. The fraction of sp³-hybridized carbons (Fsp3) is 0.294. The Bertz CT molecular complexity index is 787. The molecule has 1 saturated heterocycles. The fourth-order valence-electron chi connectivity index (χ4n) is 3.33. The second-order valence-corrected chi connectivity index (χ2v) is 5.77. The number of nitrogens with one attached hydrogen (secondary N) is 1. The largest absolute Gasteiger partial charge is 0.382 e. The number of hydrogen-bond acceptors (Lipinski definition) is 4. The molecule has 0 aliphatic carbocycles. The van der Waals surface area contributed by atoms with E-state index in [4.69, 9.17) is 5.73 Å². The number of nitrogen functional groups attached to an aromatic ring is 1. The van der Waals surface area contributed by atoms with Gasteiger partial charge in [0.1, 0.15) is 11.8 Å². The van der Waals surface area contributed by atoms with E-state index >= 15 is 0 Å². The van der Waals surface area contributed by atoms with Crippen LogP contribution in [0.2, 0.25) is 0 Å². The second-order valence-electron chi connectivity index (χ2n) is 5.77. The number of piperidine rings is 1. The van der Waals surface area contributed by atoms with Crippen molar-refractivity contribution in [3.8, 4) is 5.69 Å². The molecular formula is C17H19N5. The van der Waals surface area contributed by atoms with E-state index < -0.39 is 0 Å². The van der Waals surface area contributed by atoms with Crippen molar-refractivity contribution in [2.24, 2.45) is 0 Å². The van der Waals surface area contributed by atoms with Crippen LogP contribution in [0.5, 0.6) is 0 Å². The summed E-state index contributed by atoms with van der Waals surface area (Å²) in [6.07, 6.45) is 6.04. The molecule has 1 aromatic carbocycles. The van der Waals surface area contributed by atoms with E-state index in [1.54, 1.807) is 6.33 Å². The van der Waals surface area contributed by atoms with Crippen molar-refractivity contribution in [2.75, 3.05) is 18.8 Å². The number of nitrogens with zero attached hydrogens (tertiary/aromatic N) is 3. The number of nitrogens with two attached hydrogens (primary N) is 1. The molecule has 2 aromatic heterocycles. The maximum atomic E-state index is 6.15. The predicted molar refractivity (Wildman–Crippen MR) is 88.1 cm³/mol. The van der Waals surface area contributed by atoms with Gasteiger partial charge in [0.25, 0.3) is 0 Å².